The molecule has 0 aromatic rings. The number of carbonyl (C=O) groups excluding carboxylic acids is 1. The van der Waals surface area contributed by atoms with Gasteiger partial charge in [-0.25, -0.2) is 0 Å². The molecule has 0 aromatic carbocycles. The molecule has 2 N–H and O–H groups in total. The highest BCUT2D eigenvalue weighted by Gasteiger charge is 2.19. The third-order valence-electron chi connectivity index (χ3n) is 1.80. The van der Waals surface area contributed by atoms with E-state index in [1.54, 1.807) is 0 Å². The van der Waals surface area contributed by atoms with E-state index >= 15 is 0 Å². The number of hydrogen-bond acceptors (Lipinski definition) is 2. The van der Waals surface area contributed by atoms with Gasteiger partial charge in [0.25, 0.3) is 0 Å². The summed E-state index contributed by atoms with van der Waals surface area (Å²) in [7, 11) is 0. The monoisotopic (exact) mass is 143 g/mol. The van der Waals surface area contributed by atoms with Crippen LogP contribution in [0, 0.1) is 0 Å². The summed E-state index contributed by atoms with van der Waals surface area (Å²) in [6.07, 6.45) is 3.32. The molecule has 0 saturated carbocycles. The molecule has 0 radical (unpaired) electrons. The molecule has 10 heavy (non-hydrogen) atoms. The lowest BCUT2D eigenvalue weighted by atomic mass is 10.1. The maximum absolute atomic E-state index is 10.6. The number of aliphatic hydroxyl groups is 1. The van der Waals surface area contributed by atoms with Gasteiger partial charge in [-0.1, -0.05) is 0 Å². The Kier molecular flexibility index (Phi) is 2.68. The zero-order valence-corrected chi connectivity index (χ0v) is 5.97. The first-order valence-electron chi connectivity index (χ1n) is 3.73. The molecule has 1 atom stereocenters. The Morgan fingerprint density at radius 2 is 2.50 bits per heavy atom. The van der Waals surface area contributed by atoms with Crippen molar-refractivity contribution < 1.29 is 9.90 Å². The largest absolute Gasteiger partial charge is 0.396 e. The Hall–Kier alpha value is -0.570. The fourth-order valence-electron chi connectivity index (χ4n) is 1.23. The zero-order valence-electron chi connectivity index (χ0n) is 5.97. The van der Waals surface area contributed by atoms with Gasteiger partial charge in [-0.2, -0.15) is 0 Å². The highest BCUT2D eigenvalue weighted by molar-refractivity contribution is 5.78. The summed E-state index contributed by atoms with van der Waals surface area (Å²) in [5.74, 6) is 0.155. The van der Waals surface area contributed by atoms with E-state index in [2.05, 4.69) is 5.32 Å². The fourth-order valence-corrected chi connectivity index (χ4v) is 1.23. The average molecular weight is 143 g/mol. The average Bonchev–Trinajstić information content (AvgIpc) is 2.31. The second-order valence-corrected chi connectivity index (χ2v) is 2.67. The summed E-state index contributed by atoms with van der Waals surface area (Å²) in [4.78, 5) is 10.6. The zero-order chi connectivity index (χ0) is 7.40. The number of nitrogens with one attached hydrogen (secondary N) is 1. The molecule has 0 bridgehead atoms. The number of carbonyl (C=O) groups is 1. The third-order valence-corrected chi connectivity index (χ3v) is 1.80. The van der Waals surface area contributed by atoms with E-state index in [-0.39, 0.29) is 12.5 Å². The van der Waals surface area contributed by atoms with Crippen molar-refractivity contribution in [3.63, 3.8) is 0 Å². The molecule has 0 spiro atoms. The first-order valence-corrected chi connectivity index (χ1v) is 3.73. The maximum atomic E-state index is 10.6. The Bertz CT molecular complexity index is 125. The molecule has 1 fully saturated rings. The SMILES string of the molecule is O=C1CC[C@H](CCCO)N1. The van der Waals surface area contributed by atoms with Gasteiger partial charge >= 0.3 is 0 Å². The van der Waals surface area contributed by atoms with E-state index in [1.165, 1.54) is 0 Å². The van der Waals surface area contributed by atoms with Gasteiger partial charge in [-0.05, 0) is 19.3 Å². The number of hydrogen-bond donors (Lipinski definition) is 2. The molecule has 0 aromatic heterocycles. The van der Waals surface area contributed by atoms with Crippen LogP contribution in [0.15, 0.2) is 0 Å². The van der Waals surface area contributed by atoms with E-state index in [4.69, 9.17) is 5.11 Å². The van der Waals surface area contributed by atoms with E-state index in [1.807, 2.05) is 0 Å². The lowest BCUT2D eigenvalue weighted by Crippen LogP contribution is -2.25. The van der Waals surface area contributed by atoms with Gasteiger partial charge in [0, 0.05) is 19.1 Å². The molecular formula is C7H13NO2. The summed E-state index contributed by atoms with van der Waals surface area (Å²) in [6.45, 7) is 0.229. The van der Waals surface area contributed by atoms with Gasteiger partial charge in [-0.15, -0.1) is 0 Å². The lowest BCUT2D eigenvalue weighted by molar-refractivity contribution is -0.119. The van der Waals surface area contributed by atoms with E-state index in [0.29, 0.717) is 12.5 Å². The van der Waals surface area contributed by atoms with Crippen molar-refractivity contribution in [2.45, 2.75) is 31.7 Å². The lowest BCUT2D eigenvalue weighted by Gasteiger charge is -2.06. The van der Waals surface area contributed by atoms with Crippen LogP contribution in [0.3, 0.4) is 0 Å². The maximum Gasteiger partial charge on any atom is 0.220 e. The van der Waals surface area contributed by atoms with Crippen molar-refractivity contribution >= 4 is 5.91 Å². The predicted molar refractivity (Wildman–Crippen MR) is 37.5 cm³/mol. The summed E-state index contributed by atoms with van der Waals surface area (Å²) in [6, 6.07) is 0.333. The second-order valence-electron chi connectivity index (χ2n) is 2.67. The van der Waals surface area contributed by atoms with Crippen LogP contribution in [0.4, 0.5) is 0 Å². The first-order chi connectivity index (χ1) is 4.83. The van der Waals surface area contributed by atoms with Gasteiger partial charge < -0.3 is 10.4 Å². The van der Waals surface area contributed by atoms with Crippen molar-refractivity contribution in [2.24, 2.45) is 0 Å². The second kappa shape index (κ2) is 3.56. The molecule has 1 saturated heterocycles. The van der Waals surface area contributed by atoms with Crippen LogP contribution in [0.5, 0.6) is 0 Å². The summed E-state index contributed by atoms with van der Waals surface area (Å²) >= 11 is 0. The number of amides is 1. The molecule has 3 nitrogen and oxygen atoms in total. The Balaban J connectivity index is 2.12. The van der Waals surface area contributed by atoms with Crippen molar-refractivity contribution in [1.29, 1.82) is 0 Å². The van der Waals surface area contributed by atoms with Crippen molar-refractivity contribution in [3.8, 4) is 0 Å². The summed E-state index contributed by atoms with van der Waals surface area (Å²) in [5, 5.41) is 11.3. The number of aliphatic hydroxyl groups excluding tert-OH is 1. The molecule has 3 heteroatoms. The highest BCUT2D eigenvalue weighted by atomic mass is 16.2. The van der Waals surface area contributed by atoms with Crippen LogP contribution < -0.4 is 5.32 Å². The van der Waals surface area contributed by atoms with E-state index < -0.39 is 0 Å². The van der Waals surface area contributed by atoms with Crippen LogP contribution in [-0.2, 0) is 4.79 Å². The summed E-state index contributed by atoms with van der Waals surface area (Å²) < 4.78 is 0. The molecule has 1 rings (SSSR count). The smallest absolute Gasteiger partial charge is 0.220 e. The topological polar surface area (TPSA) is 49.3 Å². The van der Waals surface area contributed by atoms with E-state index in [9.17, 15) is 4.79 Å². The molecule has 58 valence electrons. The van der Waals surface area contributed by atoms with Gasteiger partial charge in [0.2, 0.25) is 5.91 Å². The Morgan fingerprint density at radius 1 is 1.70 bits per heavy atom. The number of rotatable bonds is 3. The van der Waals surface area contributed by atoms with Crippen LogP contribution in [0.2, 0.25) is 0 Å². The highest BCUT2D eigenvalue weighted by Crippen LogP contribution is 2.10. The van der Waals surface area contributed by atoms with Crippen molar-refractivity contribution in [1.82, 2.24) is 5.32 Å². The van der Waals surface area contributed by atoms with Gasteiger partial charge in [0.05, 0.1) is 0 Å². The Morgan fingerprint density at radius 3 is 3.00 bits per heavy atom. The molecular weight excluding hydrogens is 130 g/mol. The van der Waals surface area contributed by atoms with E-state index in [0.717, 1.165) is 19.3 Å². The minimum atomic E-state index is 0.155. The van der Waals surface area contributed by atoms with Gasteiger partial charge in [-0.3, -0.25) is 4.79 Å². The molecule has 0 unspecified atom stereocenters. The normalized spacial score (nSPS) is 24.9. The first kappa shape index (κ1) is 7.54. The standard InChI is InChI=1S/C7H13NO2/c9-5-1-2-6-3-4-7(10)8-6/h6,9H,1-5H2,(H,8,10)/t6-/m0/s1. The molecule has 1 heterocycles. The van der Waals surface area contributed by atoms with Crippen molar-refractivity contribution in [2.75, 3.05) is 6.61 Å². The van der Waals surface area contributed by atoms with Crippen LogP contribution in [0.25, 0.3) is 0 Å². The van der Waals surface area contributed by atoms with Crippen molar-refractivity contribution in [3.05, 3.63) is 0 Å². The van der Waals surface area contributed by atoms with Crippen LogP contribution in [0.1, 0.15) is 25.7 Å². The van der Waals surface area contributed by atoms with Crippen LogP contribution in [-0.4, -0.2) is 23.7 Å². The minimum Gasteiger partial charge on any atom is -0.396 e. The summed E-state index contributed by atoms with van der Waals surface area (Å²) in [5.41, 5.74) is 0. The molecule has 1 aliphatic heterocycles. The van der Waals surface area contributed by atoms with Gasteiger partial charge in [0.1, 0.15) is 0 Å². The predicted octanol–water partition coefficient (Wildman–Crippen LogP) is 0.0375. The third kappa shape index (κ3) is 1.99. The molecule has 1 amide bonds. The quantitative estimate of drug-likeness (QED) is 0.586. The molecule has 0 aliphatic carbocycles. The molecule has 1 aliphatic rings. The van der Waals surface area contributed by atoms with Gasteiger partial charge in [0.15, 0.2) is 0 Å². The fraction of sp³-hybridized carbons (Fsp3) is 0.857. The minimum absolute atomic E-state index is 0.155. The Labute approximate surface area is 60.4 Å². The van der Waals surface area contributed by atoms with Crippen LogP contribution >= 0.6 is 0 Å².